The first-order valence-electron chi connectivity index (χ1n) is 37.8. The van der Waals surface area contributed by atoms with Gasteiger partial charge in [-0.15, -0.1) is 0 Å². The number of phenolic OH excluding ortho intramolecular Hbond substituents is 1. The number of nitrogens with zero attached hydrogens (tertiary/aromatic N) is 5. The van der Waals surface area contributed by atoms with E-state index in [1.165, 1.54) is 22.3 Å². The monoisotopic (exact) mass is 1750 g/mol. The molecule has 0 saturated carbocycles. The first kappa shape index (κ1) is 85.8. The maximum absolute atomic E-state index is 9.68. The predicted octanol–water partition coefficient (Wildman–Crippen LogP) is 18.9. The number of hydrogen-bond acceptors (Lipinski definition) is 17. The Morgan fingerprint density at radius 3 is 1.21 bits per heavy atom. The lowest BCUT2D eigenvalue weighted by atomic mass is 9.97. The highest BCUT2D eigenvalue weighted by Gasteiger charge is 2.25. The van der Waals surface area contributed by atoms with Crippen molar-refractivity contribution >= 4 is 139 Å². The first-order chi connectivity index (χ1) is 55.5. The zero-order chi connectivity index (χ0) is 80.0. The van der Waals surface area contributed by atoms with E-state index in [1.54, 1.807) is 37.4 Å². The highest BCUT2D eigenvalue weighted by atomic mass is 79.9. The molecule has 0 aliphatic carbocycles. The Morgan fingerprint density at radius 1 is 0.360 bits per heavy atom. The van der Waals surface area contributed by atoms with Crippen LogP contribution in [0.2, 0.25) is 40.2 Å². The molecule has 17 nitrogen and oxygen atoms in total. The van der Waals surface area contributed by atoms with Gasteiger partial charge in [0.1, 0.15) is 11.5 Å². The van der Waals surface area contributed by atoms with Crippen molar-refractivity contribution < 1.29 is 9.84 Å². The number of hydrogen-bond donors (Lipinski definition) is 11. The number of ether oxygens (including phenoxy) is 1. The lowest BCUT2D eigenvalue weighted by Crippen LogP contribution is -2.37. The summed E-state index contributed by atoms with van der Waals surface area (Å²) < 4.78 is 6.59. The topological polar surface area (TPSA) is 212 Å². The number of phenols is 1. The molecule has 0 fully saturated rings. The van der Waals surface area contributed by atoms with E-state index in [2.05, 4.69) is 192 Å². The van der Waals surface area contributed by atoms with Gasteiger partial charge in [0.25, 0.3) is 0 Å². The maximum atomic E-state index is 9.68. The summed E-state index contributed by atoms with van der Waals surface area (Å²) in [4.78, 5) is 22.1. The van der Waals surface area contributed by atoms with Gasteiger partial charge in [-0.1, -0.05) is 273 Å². The molecule has 0 aromatic heterocycles. The van der Waals surface area contributed by atoms with Crippen molar-refractivity contribution in [3.05, 3.63) is 336 Å². The summed E-state index contributed by atoms with van der Waals surface area (Å²) in [6.45, 7) is 10.5. The lowest BCUT2D eigenvalue weighted by molar-refractivity contribution is 0.407. The van der Waals surface area contributed by atoms with Crippen molar-refractivity contribution in [2.45, 2.75) is 75.7 Å². The second kappa shape index (κ2) is 44.7. The van der Waals surface area contributed by atoms with Crippen LogP contribution in [0.25, 0.3) is 0 Å². The number of rotatable bonds is 22. The molecule has 594 valence electrons. The largest absolute Gasteiger partial charge is 0.508 e. The van der Waals surface area contributed by atoms with Gasteiger partial charge in [-0.25, -0.2) is 0 Å². The zero-order valence-corrected chi connectivity index (χ0v) is 70.8. The summed E-state index contributed by atoms with van der Waals surface area (Å²) in [7, 11) is 1.70. The SMILES string of the molecule is CCc1ccc(C(Cc2ccccc2)NC2=NCCN2)cc1.COc1ccccc1CC(NC1=NCCN1)c1cccc(Cl)c1.Clc1ccc(CC(NC2=NCCN2)c2cccc(Cl)c2Cl)cc1Cl.Clc1cccc(C(Cc2ccccc2Br)NC2=NCCN2)c1.Oc1cccc(CC(NC2=NCCN2)c2cccc(Cl)c2Cl)c1. The van der Waals surface area contributed by atoms with Crippen molar-refractivity contribution in [1.29, 1.82) is 0 Å². The van der Waals surface area contributed by atoms with Crippen LogP contribution in [-0.4, -0.2) is 107 Å². The maximum Gasteiger partial charge on any atom is 0.191 e. The van der Waals surface area contributed by atoms with Crippen molar-refractivity contribution in [2.75, 3.05) is 72.6 Å². The summed E-state index contributed by atoms with van der Waals surface area (Å²) in [6.07, 6.45) is 4.97. The Kier molecular flexibility index (Phi) is 33.7. The first-order valence-corrected chi connectivity index (χ1v) is 41.7. The molecule has 0 bridgehead atoms. The number of guanidine groups is 5. The minimum atomic E-state index is -0.104. The molecule has 5 atom stereocenters. The number of methoxy groups -OCH3 is 1. The quantitative estimate of drug-likeness (QED) is 0.0306. The molecular formula is C88H92BrCl8N15O2. The average molecular weight is 1760 g/mol. The molecule has 5 aliphatic heterocycles. The number of aromatic hydroxyl groups is 1. The van der Waals surface area contributed by atoms with Gasteiger partial charge in [0, 0.05) is 53.7 Å². The van der Waals surface area contributed by atoms with Crippen LogP contribution in [0.4, 0.5) is 0 Å². The second-order valence-electron chi connectivity index (χ2n) is 27.1. The van der Waals surface area contributed by atoms with Gasteiger partial charge in [0.2, 0.25) is 0 Å². The van der Waals surface area contributed by atoms with Gasteiger partial charge in [-0.2, -0.15) is 0 Å². The average Bonchev–Trinajstić information content (AvgIpc) is 1.44. The zero-order valence-electron chi connectivity index (χ0n) is 63.1. The number of aryl methyl sites for hydroxylation is 1. The van der Waals surface area contributed by atoms with Crippen molar-refractivity contribution in [1.82, 2.24) is 53.2 Å². The summed E-state index contributed by atoms with van der Waals surface area (Å²) in [6, 6.07) is 76.0. The minimum absolute atomic E-state index is 0.0642. The fraction of sp³-hybridized carbons (Fsp3) is 0.261. The Labute approximate surface area is 716 Å². The van der Waals surface area contributed by atoms with Crippen LogP contribution in [0, 0.1) is 0 Å². The molecule has 0 radical (unpaired) electrons. The third kappa shape index (κ3) is 26.5. The summed E-state index contributed by atoms with van der Waals surface area (Å²) >= 11 is 53.2. The molecule has 0 spiro atoms. The summed E-state index contributed by atoms with van der Waals surface area (Å²) in [5.41, 5.74) is 12.5. The fourth-order valence-electron chi connectivity index (χ4n) is 13.2. The van der Waals surface area contributed by atoms with Gasteiger partial charge < -0.3 is 63.0 Å². The molecule has 0 saturated heterocycles. The van der Waals surface area contributed by atoms with E-state index in [-0.39, 0.29) is 36.0 Å². The highest BCUT2D eigenvalue weighted by molar-refractivity contribution is 9.10. The Balaban J connectivity index is 0.000000141. The van der Waals surface area contributed by atoms with E-state index in [0.29, 0.717) is 43.0 Å². The molecule has 5 heterocycles. The molecule has 10 aromatic rings. The highest BCUT2D eigenvalue weighted by Crippen LogP contribution is 2.36. The van der Waals surface area contributed by atoms with Gasteiger partial charge >= 0.3 is 0 Å². The molecule has 114 heavy (non-hydrogen) atoms. The second-order valence-corrected chi connectivity index (χ2v) is 31.2. The van der Waals surface area contributed by atoms with Crippen LogP contribution < -0.4 is 57.9 Å². The molecule has 5 unspecified atom stereocenters. The van der Waals surface area contributed by atoms with Crippen LogP contribution >= 0.6 is 109 Å². The fourth-order valence-corrected chi connectivity index (χ4v) is 15.2. The lowest BCUT2D eigenvalue weighted by Gasteiger charge is -2.22. The Hall–Kier alpha value is -9.05. The molecule has 15 rings (SSSR count). The van der Waals surface area contributed by atoms with E-state index in [0.717, 1.165) is 180 Å². The normalized spacial score (nSPS) is 15.0. The standard InChI is InChI=1S/C19H23N3.C18H20ClN3O.C17H17BrClN3.C17H15Cl4N3.C17H17Cl2N3O/c1-2-15-8-10-17(11-9-15)18(22-19-20-12-13-21-19)14-16-6-4-3-5-7-16;1-23-17-8-3-2-5-14(17)12-16(22-18-20-9-10-21-18)13-6-4-7-15(19)11-13;18-15-7-2-1-4-12(15)11-16(22-17-20-8-9-21-17)13-5-3-6-14(19)10-13;18-12-5-4-10(8-14(12)20)9-15(24-17-22-6-7-23-17)11-2-1-3-13(19)16(11)21;18-14-6-2-5-13(16(14)19)15(22-17-20-7-8-21-17)10-11-3-1-4-12(23)9-11/h3-11,18H,2,12-14H2,1H3,(H2,20,21,22);2-8,11,16H,9-10,12H2,1H3,(H2,20,21,22);1-7,10,16H,8-9,11H2,(H2,20,21,22);1-5,8,15H,6-7,9H2,(H2,22,23,24);1-6,9,15,23H,7-8,10H2,(H2,20,21,22). The van der Waals surface area contributed by atoms with E-state index in [9.17, 15) is 5.11 Å². The van der Waals surface area contributed by atoms with E-state index >= 15 is 0 Å². The number of para-hydroxylation sites is 1. The van der Waals surface area contributed by atoms with E-state index in [1.807, 2.05) is 109 Å². The smallest absolute Gasteiger partial charge is 0.191 e. The van der Waals surface area contributed by atoms with Gasteiger partial charge in [-0.05, 0) is 166 Å². The number of halogens is 9. The molecule has 5 aliphatic rings. The van der Waals surface area contributed by atoms with Crippen molar-refractivity contribution in [3.8, 4) is 11.5 Å². The van der Waals surface area contributed by atoms with Crippen LogP contribution in [0.5, 0.6) is 11.5 Å². The van der Waals surface area contributed by atoms with Crippen LogP contribution in [0.1, 0.15) is 98.3 Å². The van der Waals surface area contributed by atoms with Gasteiger partial charge in [0.05, 0.1) is 100 Å². The van der Waals surface area contributed by atoms with E-state index < -0.39 is 0 Å². The predicted molar refractivity (Wildman–Crippen MR) is 479 cm³/mol. The molecule has 11 N–H and O–H groups in total. The van der Waals surface area contributed by atoms with Gasteiger partial charge in [-0.3, -0.25) is 25.0 Å². The van der Waals surface area contributed by atoms with Crippen LogP contribution in [0.3, 0.4) is 0 Å². The molecule has 26 heteroatoms. The third-order valence-corrected chi connectivity index (χ3v) is 22.6. The third-order valence-electron chi connectivity index (χ3n) is 19.0. The Bertz CT molecular complexity index is 4940. The number of aliphatic imine (C=N–C) groups is 5. The molecule has 0 amide bonds. The molecule has 10 aromatic carbocycles. The number of benzene rings is 10. The number of nitrogens with one attached hydrogen (secondary N) is 10. The molecular weight excluding hydrogens is 1660 g/mol. The summed E-state index contributed by atoms with van der Waals surface area (Å²) in [5.74, 6) is 5.27. The van der Waals surface area contributed by atoms with Crippen LogP contribution in [-0.2, 0) is 38.5 Å². The Morgan fingerprint density at radius 2 is 0.763 bits per heavy atom. The van der Waals surface area contributed by atoms with Gasteiger partial charge in [0.15, 0.2) is 29.8 Å². The van der Waals surface area contributed by atoms with Crippen molar-refractivity contribution in [3.63, 3.8) is 0 Å². The van der Waals surface area contributed by atoms with E-state index in [4.69, 9.17) is 97.5 Å². The van der Waals surface area contributed by atoms with Crippen LogP contribution in [0.15, 0.2) is 260 Å². The van der Waals surface area contributed by atoms with Crippen molar-refractivity contribution in [2.24, 2.45) is 25.0 Å². The minimum Gasteiger partial charge on any atom is -0.508 e. The summed E-state index contributed by atoms with van der Waals surface area (Å²) in [5, 5.41) is 47.9.